The van der Waals surface area contributed by atoms with Crippen LogP contribution in [0.5, 0.6) is 0 Å². The van der Waals surface area contributed by atoms with Crippen LogP contribution in [0.15, 0.2) is 23.8 Å². The zero-order valence-electron chi connectivity index (χ0n) is 21.5. The first-order valence-electron chi connectivity index (χ1n) is 13.3. The van der Waals surface area contributed by atoms with E-state index in [-0.39, 0.29) is 28.8 Å². The van der Waals surface area contributed by atoms with Gasteiger partial charge in [-0.15, -0.1) is 0 Å². The number of methoxy groups -OCH3 is 1. The van der Waals surface area contributed by atoms with Crippen molar-refractivity contribution in [2.45, 2.75) is 110 Å². The van der Waals surface area contributed by atoms with E-state index in [0.29, 0.717) is 17.8 Å². The molecule has 3 fully saturated rings. The van der Waals surface area contributed by atoms with Crippen molar-refractivity contribution in [1.29, 1.82) is 0 Å². The molecule has 3 saturated carbocycles. The molecule has 4 aliphatic carbocycles. The minimum atomic E-state index is -0.686. The lowest BCUT2D eigenvalue weighted by atomic mass is 9.45. The van der Waals surface area contributed by atoms with Gasteiger partial charge in [0.15, 0.2) is 0 Å². The number of hydrogen-bond donors (Lipinski definition) is 2. The van der Waals surface area contributed by atoms with E-state index in [1.165, 1.54) is 24.0 Å². The van der Waals surface area contributed by atoms with Gasteiger partial charge >= 0.3 is 0 Å². The van der Waals surface area contributed by atoms with Crippen molar-refractivity contribution in [1.82, 2.24) is 0 Å². The summed E-state index contributed by atoms with van der Waals surface area (Å²) in [4.78, 5) is 0. The molecule has 0 aromatic carbocycles. The Bertz CT molecular complexity index is 752. The molecule has 0 aromatic rings. The molecule has 4 rings (SSSR count). The van der Waals surface area contributed by atoms with E-state index >= 15 is 0 Å². The predicted octanol–water partition coefficient (Wildman–Crippen LogP) is 6.29. The van der Waals surface area contributed by atoms with E-state index in [1.54, 1.807) is 7.11 Å². The van der Waals surface area contributed by atoms with Crippen LogP contribution in [-0.2, 0) is 4.74 Å². The van der Waals surface area contributed by atoms with E-state index < -0.39 is 11.7 Å². The minimum Gasteiger partial charge on any atom is -0.390 e. The van der Waals surface area contributed by atoms with Crippen molar-refractivity contribution in [3.63, 3.8) is 0 Å². The minimum absolute atomic E-state index is 0.0787. The Kier molecular flexibility index (Phi) is 6.53. The van der Waals surface area contributed by atoms with Crippen molar-refractivity contribution >= 4 is 0 Å². The van der Waals surface area contributed by atoms with E-state index in [0.717, 1.165) is 44.9 Å². The fourth-order valence-corrected chi connectivity index (χ4v) is 8.91. The summed E-state index contributed by atoms with van der Waals surface area (Å²) < 4.78 is 5.97. The van der Waals surface area contributed by atoms with Gasteiger partial charge in [0.25, 0.3) is 0 Å². The van der Waals surface area contributed by atoms with Crippen LogP contribution in [0.1, 0.15) is 92.4 Å². The Labute approximate surface area is 196 Å². The smallest absolute Gasteiger partial charge is 0.105 e. The maximum atomic E-state index is 11.7. The van der Waals surface area contributed by atoms with E-state index in [4.69, 9.17) is 4.74 Å². The third-order valence-corrected chi connectivity index (χ3v) is 10.9. The quantitative estimate of drug-likeness (QED) is 0.473. The third-order valence-electron chi connectivity index (χ3n) is 10.9. The van der Waals surface area contributed by atoms with Gasteiger partial charge in [-0.25, -0.2) is 0 Å². The second kappa shape index (κ2) is 8.54. The first-order valence-corrected chi connectivity index (χ1v) is 13.3. The third kappa shape index (κ3) is 3.66. The van der Waals surface area contributed by atoms with Crippen LogP contribution in [0.2, 0.25) is 0 Å². The van der Waals surface area contributed by atoms with E-state index in [9.17, 15) is 10.2 Å². The van der Waals surface area contributed by atoms with Crippen molar-refractivity contribution in [3.05, 3.63) is 23.8 Å². The Morgan fingerprint density at radius 2 is 1.94 bits per heavy atom. The molecule has 0 radical (unpaired) electrons. The molecule has 9 atom stereocenters. The summed E-state index contributed by atoms with van der Waals surface area (Å²) >= 11 is 0. The van der Waals surface area contributed by atoms with Gasteiger partial charge in [-0.2, -0.15) is 0 Å². The summed E-state index contributed by atoms with van der Waals surface area (Å²) in [6, 6.07) is 0. The van der Waals surface area contributed by atoms with E-state index in [2.05, 4.69) is 47.3 Å². The highest BCUT2D eigenvalue weighted by Crippen LogP contribution is 2.68. The Morgan fingerprint density at radius 3 is 2.59 bits per heavy atom. The second-order valence-corrected chi connectivity index (χ2v) is 12.8. The van der Waals surface area contributed by atoms with Crippen molar-refractivity contribution in [2.75, 3.05) is 7.11 Å². The van der Waals surface area contributed by atoms with Gasteiger partial charge in [0, 0.05) is 7.11 Å². The zero-order chi connectivity index (χ0) is 23.5. The van der Waals surface area contributed by atoms with Crippen molar-refractivity contribution in [2.24, 2.45) is 40.4 Å². The molecule has 0 unspecified atom stereocenters. The number of aliphatic hydroxyl groups excluding tert-OH is 1. The van der Waals surface area contributed by atoms with Gasteiger partial charge in [-0.1, -0.05) is 45.9 Å². The van der Waals surface area contributed by atoms with Crippen LogP contribution in [0.25, 0.3) is 0 Å². The van der Waals surface area contributed by atoms with Crippen LogP contribution in [0.4, 0.5) is 0 Å². The summed E-state index contributed by atoms with van der Waals surface area (Å²) in [5, 5.41) is 23.4. The highest BCUT2D eigenvalue weighted by atomic mass is 16.5. The van der Waals surface area contributed by atoms with Gasteiger partial charge in [-0.3, -0.25) is 0 Å². The Hall–Kier alpha value is -0.640. The van der Waals surface area contributed by atoms with Gasteiger partial charge in [0.2, 0.25) is 0 Å². The predicted molar refractivity (Wildman–Crippen MR) is 131 cm³/mol. The topological polar surface area (TPSA) is 49.7 Å². The lowest BCUT2D eigenvalue weighted by molar-refractivity contribution is -0.167. The maximum absolute atomic E-state index is 11.7. The molecular formula is C29H48O3. The number of hydrogen-bond acceptors (Lipinski definition) is 3. The molecule has 4 aliphatic rings. The molecule has 0 heterocycles. The summed E-state index contributed by atoms with van der Waals surface area (Å²) in [6.07, 6.45) is 11.5. The zero-order valence-corrected chi connectivity index (χ0v) is 21.5. The van der Waals surface area contributed by atoms with Crippen LogP contribution >= 0.6 is 0 Å². The average molecular weight is 445 g/mol. The van der Waals surface area contributed by atoms with E-state index in [1.807, 2.05) is 0 Å². The van der Waals surface area contributed by atoms with Crippen molar-refractivity contribution < 1.29 is 14.9 Å². The average Bonchev–Trinajstić information content (AvgIpc) is 3.10. The second-order valence-electron chi connectivity index (χ2n) is 12.8. The molecule has 0 spiro atoms. The summed E-state index contributed by atoms with van der Waals surface area (Å²) in [6.45, 7) is 15.6. The van der Waals surface area contributed by atoms with Gasteiger partial charge in [-0.05, 0) is 111 Å². The highest BCUT2D eigenvalue weighted by Gasteiger charge is 2.65. The number of allylic oxidation sites excluding steroid dienone is 2. The molecule has 32 heavy (non-hydrogen) atoms. The SMILES string of the molecule is C=C(CC[C@](C)(O)[C@H]1CC[C@H]2[C@@H]3[C@H](O)[C@H](OC)C4=CCCC[C@]4(C)[C@H]3CC[C@@]21C)C(C)C. The number of ether oxygens (including phenoxy) is 1. The summed E-state index contributed by atoms with van der Waals surface area (Å²) in [5.41, 5.74) is 2.16. The Balaban J connectivity index is 1.61. The largest absolute Gasteiger partial charge is 0.390 e. The molecule has 3 nitrogen and oxygen atoms in total. The van der Waals surface area contributed by atoms with Crippen LogP contribution in [0.3, 0.4) is 0 Å². The molecule has 0 aromatic heterocycles. The molecule has 0 saturated heterocycles. The lowest BCUT2D eigenvalue weighted by Crippen LogP contribution is -2.61. The highest BCUT2D eigenvalue weighted by molar-refractivity contribution is 5.30. The molecular weight excluding hydrogens is 396 g/mol. The standard InChI is InChI=1S/C29H48O3/c1-18(2)19(3)13-17-29(6,31)23-12-11-20-24-21(14-16-28(20,23)5)27(4)15-9-8-10-22(27)26(32-7)25(24)30/h10,18,20-21,23-26,30-31H,3,8-9,11-17H2,1-2,4-7H3/t20-,21-,23-,24-,25-,26+,27+,28-,29-/m0/s1. The van der Waals surface area contributed by atoms with Crippen LogP contribution in [-0.4, -0.2) is 35.1 Å². The first kappa shape index (κ1) is 24.5. The molecule has 2 N–H and O–H groups in total. The summed E-state index contributed by atoms with van der Waals surface area (Å²) in [5.74, 6) is 2.00. The van der Waals surface area contributed by atoms with Gasteiger partial charge in [0.1, 0.15) is 6.10 Å². The molecule has 182 valence electrons. The molecule has 3 heteroatoms. The van der Waals surface area contributed by atoms with Crippen molar-refractivity contribution in [3.8, 4) is 0 Å². The van der Waals surface area contributed by atoms with Crippen LogP contribution in [0, 0.1) is 40.4 Å². The number of fused-ring (bicyclic) bond motifs is 5. The monoisotopic (exact) mass is 444 g/mol. The fourth-order valence-electron chi connectivity index (χ4n) is 8.91. The number of aliphatic hydroxyl groups is 2. The maximum Gasteiger partial charge on any atom is 0.105 e. The number of rotatable bonds is 6. The molecule has 0 amide bonds. The van der Waals surface area contributed by atoms with Gasteiger partial charge < -0.3 is 14.9 Å². The summed E-state index contributed by atoms with van der Waals surface area (Å²) in [7, 11) is 1.77. The molecule has 0 bridgehead atoms. The van der Waals surface area contributed by atoms with Gasteiger partial charge in [0.05, 0.1) is 11.7 Å². The normalized spacial score (nSPS) is 45.5. The Morgan fingerprint density at radius 1 is 1.22 bits per heavy atom. The first-order chi connectivity index (χ1) is 15.0. The molecule has 0 aliphatic heterocycles. The lowest BCUT2D eigenvalue weighted by Gasteiger charge is -2.62. The van der Waals surface area contributed by atoms with Crippen LogP contribution < -0.4 is 0 Å². The fraction of sp³-hybridized carbons (Fsp3) is 0.862.